The number of aliphatic hydroxyl groups excluding tert-OH is 1. The summed E-state index contributed by atoms with van der Waals surface area (Å²) in [4.78, 5) is 4.63. The third kappa shape index (κ3) is 2.48. The number of aliphatic hydroxyl groups is 1. The summed E-state index contributed by atoms with van der Waals surface area (Å²) in [6.45, 7) is 5.90. The van der Waals surface area contributed by atoms with Gasteiger partial charge in [0.1, 0.15) is 0 Å². The smallest absolute Gasteiger partial charge is 0.232 e. The van der Waals surface area contributed by atoms with Crippen LogP contribution in [0.15, 0.2) is 34.9 Å². The quantitative estimate of drug-likeness (QED) is 0.916. The molecule has 0 aliphatic heterocycles. The highest BCUT2D eigenvalue weighted by atomic mass is 16.5. The van der Waals surface area contributed by atoms with Gasteiger partial charge in [0, 0.05) is 0 Å². The van der Waals surface area contributed by atoms with Gasteiger partial charge >= 0.3 is 0 Å². The summed E-state index contributed by atoms with van der Waals surface area (Å²) >= 11 is 0. The molecule has 1 saturated carbocycles. The van der Waals surface area contributed by atoms with Crippen molar-refractivity contribution in [3.8, 4) is 0 Å². The molecule has 0 radical (unpaired) electrons. The lowest BCUT2D eigenvalue weighted by atomic mass is 9.90. The predicted octanol–water partition coefficient (Wildman–Crippen LogP) is 3.27. The van der Waals surface area contributed by atoms with Gasteiger partial charge in [0.2, 0.25) is 5.89 Å². The van der Waals surface area contributed by atoms with Crippen LogP contribution in [-0.4, -0.2) is 21.4 Å². The van der Waals surface area contributed by atoms with Crippen LogP contribution in [0.3, 0.4) is 0 Å². The van der Waals surface area contributed by atoms with Crippen LogP contribution >= 0.6 is 0 Å². The number of hydrogen-bond donors (Lipinski definition) is 1. The summed E-state index contributed by atoms with van der Waals surface area (Å²) in [6.07, 6.45) is 1.61. The number of benzene rings is 1. The molecular weight excluding hydrogens is 264 g/mol. The van der Waals surface area contributed by atoms with E-state index in [1.807, 2.05) is 18.2 Å². The molecule has 0 saturated heterocycles. The fourth-order valence-electron chi connectivity index (χ4n) is 3.14. The highest BCUT2D eigenvalue weighted by Gasteiger charge is 2.50. The zero-order valence-corrected chi connectivity index (χ0v) is 12.8. The Morgan fingerprint density at radius 1 is 1.14 bits per heavy atom. The van der Waals surface area contributed by atoms with E-state index in [4.69, 9.17) is 4.52 Å². The second-order valence-electron chi connectivity index (χ2n) is 6.41. The lowest BCUT2D eigenvalue weighted by molar-refractivity contribution is 0.120. The van der Waals surface area contributed by atoms with Crippen LogP contribution in [0.4, 0.5) is 0 Å². The Kier molecular flexibility index (Phi) is 3.57. The predicted molar refractivity (Wildman–Crippen MR) is 80.0 cm³/mol. The van der Waals surface area contributed by atoms with E-state index in [0.717, 1.165) is 18.7 Å². The van der Waals surface area contributed by atoms with Crippen molar-refractivity contribution in [1.29, 1.82) is 0 Å². The van der Waals surface area contributed by atoms with Gasteiger partial charge in [0.25, 0.3) is 0 Å². The molecular formula is C17H22N2O2. The van der Waals surface area contributed by atoms with Gasteiger partial charge in [-0.25, -0.2) is 0 Å². The molecule has 2 atom stereocenters. The van der Waals surface area contributed by atoms with E-state index in [2.05, 4.69) is 36.1 Å². The second kappa shape index (κ2) is 5.26. The molecule has 1 aromatic carbocycles. The Balaban J connectivity index is 1.92. The van der Waals surface area contributed by atoms with Crippen LogP contribution in [0.5, 0.6) is 0 Å². The van der Waals surface area contributed by atoms with Gasteiger partial charge in [0.15, 0.2) is 5.82 Å². The summed E-state index contributed by atoms with van der Waals surface area (Å²) in [5.41, 5.74) is 1.17. The van der Waals surface area contributed by atoms with Crippen LogP contribution < -0.4 is 0 Å². The Bertz CT molecular complexity index is 592. The molecule has 1 aliphatic carbocycles. The maximum absolute atomic E-state index is 9.95. The third-order valence-electron chi connectivity index (χ3n) is 4.47. The molecule has 0 bridgehead atoms. The lowest BCUT2D eigenvalue weighted by Crippen LogP contribution is -2.21. The first-order valence-electron chi connectivity index (χ1n) is 7.62. The summed E-state index contributed by atoms with van der Waals surface area (Å²) in [5, 5.41) is 14.2. The molecule has 1 aromatic heterocycles. The van der Waals surface area contributed by atoms with Crippen LogP contribution in [0, 0.1) is 5.92 Å². The minimum atomic E-state index is -0.495. The number of aromatic nitrogens is 2. The molecule has 2 unspecified atom stereocenters. The highest BCUT2D eigenvalue weighted by Crippen LogP contribution is 2.52. The van der Waals surface area contributed by atoms with Gasteiger partial charge < -0.3 is 9.63 Å². The lowest BCUT2D eigenvalue weighted by Gasteiger charge is -2.19. The van der Waals surface area contributed by atoms with Crippen molar-refractivity contribution >= 4 is 0 Å². The molecule has 1 aliphatic rings. The van der Waals surface area contributed by atoms with E-state index in [9.17, 15) is 5.11 Å². The van der Waals surface area contributed by atoms with Gasteiger partial charge in [0.05, 0.1) is 17.4 Å². The standard InChI is InChI=1S/C17H22N2O2/c1-11(2)14(12(3)20)15-18-16(19-21-15)17(9-10-17)13-7-5-4-6-8-13/h4-8,11-12,14,20H,9-10H2,1-3H3. The molecule has 3 rings (SSSR count). The fourth-order valence-corrected chi connectivity index (χ4v) is 3.14. The molecule has 2 aromatic rings. The van der Waals surface area contributed by atoms with Crippen molar-refractivity contribution in [2.75, 3.05) is 0 Å². The van der Waals surface area contributed by atoms with Crippen LogP contribution in [-0.2, 0) is 5.41 Å². The molecule has 4 nitrogen and oxygen atoms in total. The normalized spacial score (nSPS) is 19.5. The monoisotopic (exact) mass is 286 g/mol. The second-order valence-corrected chi connectivity index (χ2v) is 6.41. The summed E-state index contributed by atoms with van der Waals surface area (Å²) in [7, 11) is 0. The van der Waals surface area contributed by atoms with Crippen LogP contribution in [0.2, 0.25) is 0 Å². The fraction of sp³-hybridized carbons (Fsp3) is 0.529. The van der Waals surface area contributed by atoms with E-state index in [0.29, 0.717) is 5.89 Å². The molecule has 21 heavy (non-hydrogen) atoms. The highest BCUT2D eigenvalue weighted by molar-refractivity contribution is 5.38. The van der Waals surface area contributed by atoms with Crippen molar-refractivity contribution in [2.24, 2.45) is 5.92 Å². The SMILES string of the molecule is CC(C)C(c1nc(C2(c3ccccc3)CC2)no1)C(C)O. The van der Waals surface area contributed by atoms with Gasteiger partial charge in [-0.05, 0) is 31.2 Å². The minimum absolute atomic E-state index is 0.0801. The average Bonchev–Trinajstić information content (AvgIpc) is 3.13. The van der Waals surface area contributed by atoms with E-state index >= 15 is 0 Å². The van der Waals surface area contributed by atoms with E-state index in [-0.39, 0.29) is 17.3 Å². The Morgan fingerprint density at radius 3 is 2.33 bits per heavy atom. The van der Waals surface area contributed by atoms with E-state index in [1.165, 1.54) is 5.56 Å². The number of rotatable bonds is 5. The van der Waals surface area contributed by atoms with Crippen molar-refractivity contribution in [1.82, 2.24) is 10.1 Å². The Labute approximate surface area is 125 Å². The van der Waals surface area contributed by atoms with Crippen LogP contribution in [0.25, 0.3) is 0 Å². The number of nitrogens with zero attached hydrogens (tertiary/aromatic N) is 2. The maximum atomic E-state index is 9.95. The minimum Gasteiger partial charge on any atom is -0.393 e. The first kappa shape index (κ1) is 14.3. The first-order chi connectivity index (χ1) is 10.0. The maximum Gasteiger partial charge on any atom is 0.232 e. The third-order valence-corrected chi connectivity index (χ3v) is 4.47. The Morgan fingerprint density at radius 2 is 1.81 bits per heavy atom. The van der Waals surface area contributed by atoms with Crippen molar-refractivity contribution in [2.45, 2.75) is 51.0 Å². The molecule has 112 valence electrons. The van der Waals surface area contributed by atoms with E-state index in [1.54, 1.807) is 6.92 Å². The van der Waals surface area contributed by atoms with Crippen molar-refractivity contribution in [3.05, 3.63) is 47.6 Å². The van der Waals surface area contributed by atoms with E-state index < -0.39 is 6.10 Å². The largest absolute Gasteiger partial charge is 0.393 e. The molecule has 4 heteroatoms. The van der Waals surface area contributed by atoms with Gasteiger partial charge in [-0.1, -0.05) is 49.3 Å². The molecule has 0 amide bonds. The molecule has 1 heterocycles. The number of hydrogen-bond acceptors (Lipinski definition) is 4. The zero-order valence-electron chi connectivity index (χ0n) is 12.8. The average molecular weight is 286 g/mol. The van der Waals surface area contributed by atoms with Gasteiger partial charge in [-0.15, -0.1) is 0 Å². The summed E-state index contributed by atoms with van der Waals surface area (Å²) in [5.74, 6) is 1.45. The van der Waals surface area contributed by atoms with Crippen LogP contribution in [0.1, 0.15) is 56.8 Å². The Hall–Kier alpha value is -1.68. The summed E-state index contributed by atoms with van der Waals surface area (Å²) in [6, 6.07) is 10.4. The van der Waals surface area contributed by atoms with Crippen molar-refractivity contribution < 1.29 is 9.63 Å². The first-order valence-corrected chi connectivity index (χ1v) is 7.62. The molecule has 0 spiro atoms. The summed E-state index contributed by atoms with van der Waals surface area (Å²) < 4.78 is 5.48. The molecule has 1 fully saturated rings. The topological polar surface area (TPSA) is 59.2 Å². The van der Waals surface area contributed by atoms with Gasteiger partial charge in [-0.2, -0.15) is 4.98 Å². The zero-order chi connectivity index (χ0) is 15.0. The van der Waals surface area contributed by atoms with Crippen molar-refractivity contribution in [3.63, 3.8) is 0 Å². The molecule has 1 N–H and O–H groups in total. The van der Waals surface area contributed by atoms with Gasteiger partial charge in [-0.3, -0.25) is 0 Å².